The SMILES string of the molecule is CCN1CCC2(CC1)OC(=O)C(C)=C2C(=O)Nc1ccc2c(c1)OCCO2. The lowest BCUT2D eigenvalue weighted by Crippen LogP contribution is -2.47. The second kappa shape index (κ2) is 6.88. The number of benzene rings is 1. The fraction of sp³-hybridized carbons (Fsp3) is 0.500. The number of ether oxygens (including phenoxy) is 3. The maximum absolute atomic E-state index is 13.1. The van der Waals surface area contributed by atoms with Crippen LogP contribution in [-0.4, -0.2) is 55.2 Å². The first-order valence-corrected chi connectivity index (χ1v) is 9.40. The van der Waals surface area contributed by atoms with Gasteiger partial charge in [0.2, 0.25) is 0 Å². The van der Waals surface area contributed by atoms with E-state index >= 15 is 0 Å². The molecule has 1 aromatic rings. The van der Waals surface area contributed by atoms with E-state index in [1.165, 1.54) is 0 Å². The lowest BCUT2D eigenvalue weighted by atomic mass is 9.82. The summed E-state index contributed by atoms with van der Waals surface area (Å²) >= 11 is 0. The van der Waals surface area contributed by atoms with Crippen molar-refractivity contribution in [3.05, 3.63) is 29.3 Å². The highest BCUT2D eigenvalue weighted by Gasteiger charge is 2.50. The third-order valence-corrected chi connectivity index (χ3v) is 5.56. The Kier molecular flexibility index (Phi) is 4.55. The van der Waals surface area contributed by atoms with Crippen LogP contribution in [0.5, 0.6) is 11.5 Å². The molecular formula is C20H24N2O5. The molecule has 3 heterocycles. The Labute approximate surface area is 158 Å². The summed E-state index contributed by atoms with van der Waals surface area (Å²) in [4.78, 5) is 27.6. The van der Waals surface area contributed by atoms with Gasteiger partial charge in [0, 0.05) is 43.3 Å². The number of amides is 1. The molecule has 3 aliphatic heterocycles. The molecule has 0 radical (unpaired) electrons. The van der Waals surface area contributed by atoms with Crippen LogP contribution in [0.25, 0.3) is 0 Å². The molecule has 1 aromatic carbocycles. The van der Waals surface area contributed by atoms with Crippen molar-refractivity contribution in [3.63, 3.8) is 0 Å². The lowest BCUT2D eigenvalue weighted by Gasteiger charge is -2.39. The monoisotopic (exact) mass is 372 g/mol. The molecular weight excluding hydrogens is 348 g/mol. The van der Waals surface area contributed by atoms with Gasteiger partial charge in [0.1, 0.15) is 18.8 Å². The zero-order valence-electron chi connectivity index (χ0n) is 15.7. The third-order valence-electron chi connectivity index (χ3n) is 5.56. The zero-order chi connectivity index (χ0) is 19.0. The van der Waals surface area contributed by atoms with Crippen LogP contribution in [0.15, 0.2) is 29.3 Å². The molecule has 144 valence electrons. The number of hydrogen-bond donors (Lipinski definition) is 1. The Bertz CT molecular complexity index is 809. The van der Waals surface area contributed by atoms with Crippen molar-refractivity contribution in [3.8, 4) is 11.5 Å². The van der Waals surface area contributed by atoms with Gasteiger partial charge in [-0.1, -0.05) is 6.92 Å². The van der Waals surface area contributed by atoms with Gasteiger partial charge in [-0.3, -0.25) is 4.79 Å². The first-order chi connectivity index (χ1) is 13.0. The first-order valence-electron chi connectivity index (χ1n) is 9.40. The largest absolute Gasteiger partial charge is 0.486 e. The van der Waals surface area contributed by atoms with E-state index in [-0.39, 0.29) is 5.91 Å². The van der Waals surface area contributed by atoms with Gasteiger partial charge in [-0.05, 0) is 25.6 Å². The number of piperidine rings is 1. The Hall–Kier alpha value is -2.54. The highest BCUT2D eigenvalue weighted by Crippen LogP contribution is 2.41. The van der Waals surface area contributed by atoms with Crippen LogP contribution < -0.4 is 14.8 Å². The molecule has 0 aromatic heterocycles. The van der Waals surface area contributed by atoms with Crippen LogP contribution in [0, 0.1) is 0 Å². The molecule has 7 heteroatoms. The maximum Gasteiger partial charge on any atom is 0.335 e. The zero-order valence-corrected chi connectivity index (χ0v) is 15.7. The van der Waals surface area contributed by atoms with Crippen molar-refractivity contribution < 1.29 is 23.8 Å². The average Bonchev–Trinajstić information content (AvgIpc) is 2.92. The van der Waals surface area contributed by atoms with Crippen molar-refractivity contribution in [2.24, 2.45) is 0 Å². The quantitative estimate of drug-likeness (QED) is 0.819. The highest BCUT2D eigenvalue weighted by molar-refractivity contribution is 6.12. The number of fused-ring (bicyclic) bond motifs is 1. The maximum atomic E-state index is 13.1. The smallest absolute Gasteiger partial charge is 0.335 e. The number of carbonyl (C=O) groups excluding carboxylic acids is 2. The molecule has 27 heavy (non-hydrogen) atoms. The van der Waals surface area contributed by atoms with Crippen molar-refractivity contribution >= 4 is 17.6 Å². The number of hydrogen-bond acceptors (Lipinski definition) is 6. The van der Waals surface area contributed by atoms with Gasteiger partial charge in [-0.15, -0.1) is 0 Å². The lowest BCUT2D eigenvalue weighted by molar-refractivity contribution is -0.150. The highest BCUT2D eigenvalue weighted by atomic mass is 16.6. The van der Waals surface area contributed by atoms with E-state index in [2.05, 4.69) is 17.1 Å². The summed E-state index contributed by atoms with van der Waals surface area (Å²) in [5.74, 6) is 0.583. The van der Waals surface area contributed by atoms with E-state index in [0.717, 1.165) is 19.6 Å². The summed E-state index contributed by atoms with van der Waals surface area (Å²) in [5.41, 5.74) is 0.642. The second-order valence-electron chi connectivity index (χ2n) is 7.13. The van der Waals surface area contributed by atoms with E-state index in [1.54, 1.807) is 25.1 Å². The topological polar surface area (TPSA) is 77.1 Å². The minimum atomic E-state index is -0.815. The molecule has 0 atom stereocenters. The summed E-state index contributed by atoms with van der Waals surface area (Å²) in [6.45, 7) is 7.33. The number of esters is 1. The number of likely N-dealkylation sites (tertiary alicyclic amines) is 1. The Morgan fingerprint density at radius 3 is 2.59 bits per heavy atom. The summed E-state index contributed by atoms with van der Waals surface area (Å²) in [7, 11) is 0. The Morgan fingerprint density at radius 1 is 1.19 bits per heavy atom. The molecule has 1 N–H and O–H groups in total. The number of nitrogens with one attached hydrogen (secondary N) is 1. The molecule has 3 aliphatic rings. The predicted octanol–water partition coefficient (Wildman–Crippen LogP) is 2.12. The van der Waals surface area contributed by atoms with E-state index < -0.39 is 11.6 Å². The van der Waals surface area contributed by atoms with Crippen LogP contribution in [0.1, 0.15) is 26.7 Å². The van der Waals surface area contributed by atoms with Crippen LogP contribution in [0.3, 0.4) is 0 Å². The van der Waals surface area contributed by atoms with Crippen molar-refractivity contribution in [1.29, 1.82) is 0 Å². The van der Waals surface area contributed by atoms with Gasteiger partial charge >= 0.3 is 5.97 Å². The summed E-state index contributed by atoms with van der Waals surface area (Å²) < 4.78 is 16.8. The molecule has 0 saturated carbocycles. The standard InChI is InChI=1S/C20H24N2O5/c1-3-22-8-6-20(7-9-22)17(13(2)19(24)27-20)18(23)21-14-4-5-15-16(12-14)26-11-10-25-15/h4-5,12H,3,6-11H2,1-2H3,(H,21,23). The molecule has 1 spiro atoms. The molecule has 1 fully saturated rings. The Morgan fingerprint density at radius 2 is 1.89 bits per heavy atom. The molecule has 0 aliphatic carbocycles. The molecule has 0 bridgehead atoms. The van der Waals surface area contributed by atoms with E-state index in [9.17, 15) is 9.59 Å². The fourth-order valence-corrected chi connectivity index (χ4v) is 4.02. The van der Waals surface area contributed by atoms with Gasteiger partial charge in [0.05, 0.1) is 5.57 Å². The van der Waals surface area contributed by atoms with Crippen molar-refractivity contribution in [2.45, 2.75) is 32.3 Å². The molecule has 1 saturated heterocycles. The summed E-state index contributed by atoms with van der Waals surface area (Å²) in [6, 6.07) is 5.29. The van der Waals surface area contributed by atoms with E-state index in [1.807, 2.05) is 0 Å². The van der Waals surface area contributed by atoms with Crippen molar-refractivity contribution in [1.82, 2.24) is 4.90 Å². The molecule has 4 rings (SSSR count). The number of rotatable bonds is 3. The first kappa shape index (κ1) is 17.9. The van der Waals surface area contributed by atoms with E-state index in [4.69, 9.17) is 14.2 Å². The molecule has 0 unspecified atom stereocenters. The average molecular weight is 372 g/mol. The number of carbonyl (C=O) groups is 2. The number of anilines is 1. The number of nitrogens with zero attached hydrogens (tertiary/aromatic N) is 1. The van der Waals surface area contributed by atoms with Crippen molar-refractivity contribution in [2.75, 3.05) is 38.2 Å². The van der Waals surface area contributed by atoms with Gasteiger partial charge in [0.15, 0.2) is 11.5 Å². The minimum Gasteiger partial charge on any atom is -0.486 e. The van der Waals surface area contributed by atoms with Gasteiger partial charge in [0.25, 0.3) is 5.91 Å². The van der Waals surface area contributed by atoms with Crippen LogP contribution in [-0.2, 0) is 14.3 Å². The summed E-state index contributed by atoms with van der Waals surface area (Å²) in [5, 5.41) is 2.90. The normalized spacial score (nSPS) is 21.3. The van der Waals surface area contributed by atoms with Gasteiger partial charge in [-0.2, -0.15) is 0 Å². The third kappa shape index (κ3) is 3.16. The van der Waals surface area contributed by atoms with Crippen LogP contribution in [0.4, 0.5) is 5.69 Å². The minimum absolute atomic E-state index is 0.292. The summed E-state index contributed by atoms with van der Waals surface area (Å²) in [6.07, 6.45) is 1.27. The van der Waals surface area contributed by atoms with Gasteiger partial charge < -0.3 is 24.4 Å². The van der Waals surface area contributed by atoms with Gasteiger partial charge in [-0.25, -0.2) is 4.79 Å². The van der Waals surface area contributed by atoms with E-state index in [0.29, 0.717) is 54.4 Å². The predicted molar refractivity (Wildman–Crippen MR) is 98.9 cm³/mol. The van der Waals surface area contributed by atoms with Crippen LogP contribution >= 0.6 is 0 Å². The molecule has 7 nitrogen and oxygen atoms in total. The molecule has 1 amide bonds. The fourth-order valence-electron chi connectivity index (χ4n) is 4.02. The van der Waals surface area contributed by atoms with Crippen LogP contribution in [0.2, 0.25) is 0 Å². The Balaban J connectivity index is 1.57. The second-order valence-corrected chi connectivity index (χ2v) is 7.13.